The number of hydrogen-bond acceptors (Lipinski definition) is 3. The molecule has 22 heavy (non-hydrogen) atoms. The summed E-state index contributed by atoms with van der Waals surface area (Å²) in [4.78, 5) is 35.1. The first kappa shape index (κ1) is 15.5. The van der Waals surface area contributed by atoms with Crippen LogP contribution in [-0.4, -0.2) is 28.6 Å². The number of carbonyl (C=O) groups excluding carboxylic acids is 1. The average molecular weight is 300 g/mol. The Kier molecular flexibility index (Phi) is 4.41. The molecule has 0 bridgehead atoms. The first-order chi connectivity index (χ1) is 10.4. The van der Waals surface area contributed by atoms with E-state index in [1.807, 2.05) is 31.2 Å². The van der Waals surface area contributed by atoms with Crippen LogP contribution in [-0.2, 0) is 11.3 Å². The normalized spacial score (nSPS) is 10.3. The van der Waals surface area contributed by atoms with Crippen LogP contribution in [0.1, 0.15) is 15.9 Å². The van der Waals surface area contributed by atoms with E-state index in [1.54, 1.807) is 6.07 Å². The number of aromatic carboxylic acids is 1. The van der Waals surface area contributed by atoms with Crippen LogP contribution in [0.4, 0.5) is 0 Å². The van der Waals surface area contributed by atoms with Crippen LogP contribution in [0.25, 0.3) is 11.3 Å². The maximum Gasteiger partial charge on any atom is 0.341 e. The summed E-state index contributed by atoms with van der Waals surface area (Å²) in [5.74, 6) is -1.69. The predicted octanol–water partition coefficient (Wildman–Crippen LogP) is 1.27. The van der Waals surface area contributed by atoms with Gasteiger partial charge in [-0.15, -0.1) is 0 Å². The maximum atomic E-state index is 12.3. The molecule has 0 radical (unpaired) electrons. The van der Waals surface area contributed by atoms with Gasteiger partial charge in [-0.2, -0.15) is 0 Å². The lowest BCUT2D eigenvalue weighted by Crippen LogP contribution is -2.33. The number of likely N-dealkylation sites (N-methyl/N-ethyl adjacent to an activating group) is 1. The summed E-state index contributed by atoms with van der Waals surface area (Å²) in [6.45, 7) is 1.70. The second kappa shape index (κ2) is 6.26. The van der Waals surface area contributed by atoms with E-state index >= 15 is 0 Å². The number of rotatable bonds is 4. The number of carboxylic acids is 1. The Morgan fingerprint density at radius 2 is 1.77 bits per heavy atom. The van der Waals surface area contributed by atoms with Gasteiger partial charge in [-0.05, 0) is 24.6 Å². The van der Waals surface area contributed by atoms with Crippen molar-refractivity contribution < 1.29 is 14.7 Å². The van der Waals surface area contributed by atoms with Crippen LogP contribution in [0, 0.1) is 6.92 Å². The van der Waals surface area contributed by atoms with E-state index in [4.69, 9.17) is 5.11 Å². The molecule has 0 aliphatic carbocycles. The summed E-state index contributed by atoms with van der Waals surface area (Å²) in [5.41, 5.74) is 1.24. The van der Waals surface area contributed by atoms with E-state index in [1.165, 1.54) is 17.7 Å². The lowest BCUT2D eigenvalue weighted by Gasteiger charge is -2.13. The standard InChI is InChI=1S/C16H16N2O4/c1-10-3-5-11(6-4-10)13-8-7-12(16(21)22)15(20)18(13)9-14(19)17-2/h3-8H,9H2,1-2H3,(H,17,19)(H,21,22). The van der Waals surface area contributed by atoms with Gasteiger partial charge in [-0.3, -0.25) is 14.2 Å². The number of amides is 1. The van der Waals surface area contributed by atoms with Crippen molar-refractivity contribution in [2.24, 2.45) is 0 Å². The highest BCUT2D eigenvalue weighted by Crippen LogP contribution is 2.19. The van der Waals surface area contributed by atoms with Gasteiger partial charge in [-0.1, -0.05) is 29.8 Å². The number of aromatic nitrogens is 1. The molecule has 6 nitrogen and oxygen atoms in total. The lowest BCUT2D eigenvalue weighted by atomic mass is 10.1. The van der Waals surface area contributed by atoms with Gasteiger partial charge in [0, 0.05) is 7.05 Å². The van der Waals surface area contributed by atoms with E-state index in [0.29, 0.717) is 5.69 Å². The zero-order valence-corrected chi connectivity index (χ0v) is 12.3. The number of nitrogens with one attached hydrogen (secondary N) is 1. The largest absolute Gasteiger partial charge is 0.477 e. The number of benzene rings is 1. The van der Waals surface area contributed by atoms with Gasteiger partial charge in [0.15, 0.2) is 0 Å². The van der Waals surface area contributed by atoms with Gasteiger partial charge in [0.1, 0.15) is 12.1 Å². The van der Waals surface area contributed by atoms with Crippen molar-refractivity contribution in [1.29, 1.82) is 0 Å². The van der Waals surface area contributed by atoms with Crippen molar-refractivity contribution in [1.82, 2.24) is 9.88 Å². The third kappa shape index (κ3) is 3.06. The molecule has 2 aromatic rings. The number of carbonyl (C=O) groups is 2. The average Bonchev–Trinajstić information content (AvgIpc) is 2.49. The number of hydrogen-bond donors (Lipinski definition) is 2. The van der Waals surface area contributed by atoms with Gasteiger partial charge < -0.3 is 10.4 Å². The molecule has 1 aromatic carbocycles. The van der Waals surface area contributed by atoms with Crippen LogP contribution >= 0.6 is 0 Å². The molecule has 6 heteroatoms. The summed E-state index contributed by atoms with van der Waals surface area (Å²) in [6.07, 6.45) is 0. The minimum Gasteiger partial charge on any atom is -0.477 e. The molecule has 1 amide bonds. The number of aryl methyl sites for hydroxylation is 1. The van der Waals surface area contributed by atoms with Crippen LogP contribution in [0.15, 0.2) is 41.2 Å². The maximum absolute atomic E-state index is 12.3. The molecular formula is C16H16N2O4. The molecule has 1 aromatic heterocycles. The molecule has 0 atom stereocenters. The number of nitrogens with zero attached hydrogens (tertiary/aromatic N) is 1. The van der Waals surface area contributed by atoms with Crippen molar-refractivity contribution in [3.63, 3.8) is 0 Å². The molecule has 114 valence electrons. The Morgan fingerprint density at radius 3 is 2.32 bits per heavy atom. The first-order valence-electron chi connectivity index (χ1n) is 6.69. The Balaban J connectivity index is 2.65. The van der Waals surface area contributed by atoms with Crippen LogP contribution in [0.3, 0.4) is 0 Å². The monoisotopic (exact) mass is 300 g/mol. The van der Waals surface area contributed by atoms with E-state index in [9.17, 15) is 14.4 Å². The highest BCUT2D eigenvalue weighted by atomic mass is 16.4. The van der Waals surface area contributed by atoms with Crippen molar-refractivity contribution in [2.75, 3.05) is 7.05 Å². The third-order valence-electron chi connectivity index (χ3n) is 3.33. The fraction of sp³-hybridized carbons (Fsp3) is 0.188. The molecule has 0 unspecified atom stereocenters. The van der Waals surface area contributed by atoms with Gasteiger partial charge in [-0.25, -0.2) is 4.79 Å². The van der Waals surface area contributed by atoms with E-state index in [2.05, 4.69) is 5.32 Å². The Hall–Kier alpha value is -2.89. The molecule has 0 saturated heterocycles. The molecule has 0 saturated carbocycles. The van der Waals surface area contributed by atoms with Gasteiger partial charge in [0.2, 0.25) is 5.91 Å². The summed E-state index contributed by atoms with van der Waals surface area (Å²) in [5, 5.41) is 11.5. The minimum absolute atomic E-state index is 0.236. The number of pyridine rings is 1. The van der Waals surface area contributed by atoms with Crippen molar-refractivity contribution in [3.8, 4) is 11.3 Å². The molecular weight excluding hydrogens is 284 g/mol. The second-order valence-corrected chi connectivity index (χ2v) is 4.87. The molecule has 0 aliphatic heterocycles. The van der Waals surface area contributed by atoms with Crippen LogP contribution in [0.2, 0.25) is 0 Å². The van der Waals surface area contributed by atoms with Crippen LogP contribution in [0.5, 0.6) is 0 Å². The predicted molar refractivity (Wildman–Crippen MR) is 81.9 cm³/mol. The molecule has 1 heterocycles. The lowest BCUT2D eigenvalue weighted by molar-refractivity contribution is -0.121. The molecule has 0 fully saturated rings. The van der Waals surface area contributed by atoms with Gasteiger partial charge >= 0.3 is 5.97 Å². The smallest absolute Gasteiger partial charge is 0.341 e. The Morgan fingerprint density at radius 1 is 1.14 bits per heavy atom. The summed E-state index contributed by atoms with van der Waals surface area (Å²) >= 11 is 0. The second-order valence-electron chi connectivity index (χ2n) is 4.87. The fourth-order valence-corrected chi connectivity index (χ4v) is 2.10. The topological polar surface area (TPSA) is 88.4 Å². The SMILES string of the molecule is CNC(=O)Cn1c(-c2ccc(C)cc2)ccc(C(=O)O)c1=O. The summed E-state index contributed by atoms with van der Waals surface area (Å²) < 4.78 is 1.17. The third-order valence-corrected chi connectivity index (χ3v) is 3.33. The minimum atomic E-state index is -1.31. The zero-order chi connectivity index (χ0) is 16.3. The van der Waals surface area contributed by atoms with Crippen molar-refractivity contribution >= 4 is 11.9 Å². The van der Waals surface area contributed by atoms with Crippen molar-refractivity contribution in [3.05, 3.63) is 57.9 Å². The highest BCUT2D eigenvalue weighted by molar-refractivity contribution is 5.88. The van der Waals surface area contributed by atoms with Gasteiger partial charge in [0.05, 0.1) is 5.69 Å². The molecule has 0 aliphatic rings. The summed E-state index contributed by atoms with van der Waals surface area (Å²) in [6, 6.07) is 10.2. The zero-order valence-electron chi connectivity index (χ0n) is 12.3. The van der Waals surface area contributed by atoms with E-state index in [0.717, 1.165) is 11.1 Å². The number of carboxylic acid groups (broad SMARTS) is 1. The molecule has 0 spiro atoms. The summed E-state index contributed by atoms with van der Waals surface area (Å²) in [7, 11) is 1.46. The van der Waals surface area contributed by atoms with E-state index in [-0.39, 0.29) is 18.0 Å². The first-order valence-corrected chi connectivity index (χ1v) is 6.69. The van der Waals surface area contributed by atoms with Gasteiger partial charge in [0.25, 0.3) is 5.56 Å². The fourth-order valence-electron chi connectivity index (χ4n) is 2.10. The Bertz CT molecular complexity index is 776. The highest BCUT2D eigenvalue weighted by Gasteiger charge is 2.16. The Labute approximate surface area is 127 Å². The van der Waals surface area contributed by atoms with Crippen LogP contribution < -0.4 is 10.9 Å². The molecule has 2 rings (SSSR count). The quantitative estimate of drug-likeness (QED) is 0.890. The van der Waals surface area contributed by atoms with Crippen molar-refractivity contribution in [2.45, 2.75) is 13.5 Å². The van der Waals surface area contributed by atoms with E-state index < -0.39 is 11.5 Å². The molecule has 2 N–H and O–H groups in total.